The third kappa shape index (κ3) is 5.24. The van der Waals surface area contributed by atoms with E-state index < -0.39 is 6.04 Å². The fourth-order valence-corrected chi connectivity index (χ4v) is 4.47. The molecule has 182 valence electrons. The fraction of sp³-hybridized carbons (Fsp3) is 0.286. The predicted molar refractivity (Wildman–Crippen MR) is 133 cm³/mol. The third-order valence-electron chi connectivity index (χ3n) is 6.25. The lowest BCUT2D eigenvalue weighted by atomic mass is 10.00. The van der Waals surface area contributed by atoms with Crippen LogP contribution in [-0.2, 0) is 17.8 Å². The van der Waals surface area contributed by atoms with E-state index in [2.05, 4.69) is 5.32 Å². The number of hydrogen-bond donors (Lipinski definition) is 1. The predicted octanol–water partition coefficient (Wildman–Crippen LogP) is 4.16. The van der Waals surface area contributed by atoms with Crippen LogP contribution in [0.2, 0.25) is 0 Å². The van der Waals surface area contributed by atoms with E-state index in [1.165, 1.54) is 0 Å². The molecule has 1 N–H and O–H groups in total. The van der Waals surface area contributed by atoms with Crippen molar-refractivity contribution in [2.75, 3.05) is 27.9 Å². The lowest BCUT2D eigenvalue weighted by Crippen LogP contribution is -2.35. The second-order valence-electron chi connectivity index (χ2n) is 8.35. The molecule has 0 saturated heterocycles. The molecule has 7 heteroatoms. The number of hydrogen-bond acceptors (Lipinski definition) is 5. The third-order valence-corrected chi connectivity index (χ3v) is 6.25. The van der Waals surface area contributed by atoms with Crippen LogP contribution in [0.25, 0.3) is 0 Å². The Morgan fingerprint density at radius 1 is 0.943 bits per heavy atom. The van der Waals surface area contributed by atoms with Crippen molar-refractivity contribution in [3.8, 4) is 17.2 Å². The Morgan fingerprint density at radius 3 is 2.23 bits per heavy atom. The molecule has 0 aromatic heterocycles. The van der Waals surface area contributed by atoms with Crippen molar-refractivity contribution in [3.63, 3.8) is 0 Å². The largest absolute Gasteiger partial charge is 0.493 e. The zero-order chi connectivity index (χ0) is 24.8. The van der Waals surface area contributed by atoms with Gasteiger partial charge in [0.05, 0.1) is 33.8 Å². The van der Waals surface area contributed by atoms with Gasteiger partial charge in [0.25, 0.3) is 5.91 Å². The van der Waals surface area contributed by atoms with Crippen LogP contribution in [0, 0.1) is 0 Å². The van der Waals surface area contributed by atoms with Crippen molar-refractivity contribution >= 4 is 11.8 Å². The Kier molecular flexibility index (Phi) is 7.55. The Hall–Kier alpha value is -4.00. The number of benzene rings is 3. The maximum atomic E-state index is 13.3. The molecule has 0 bridgehead atoms. The van der Waals surface area contributed by atoms with Gasteiger partial charge in [-0.2, -0.15) is 0 Å². The summed E-state index contributed by atoms with van der Waals surface area (Å²) in [5, 5.41) is 3.01. The minimum atomic E-state index is -0.514. The van der Waals surface area contributed by atoms with Crippen molar-refractivity contribution in [3.05, 3.63) is 89.0 Å². The zero-order valence-corrected chi connectivity index (χ0v) is 20.2. The number of ether oxygens (including phenoxy) is 3. The molecule has 0 radical (unpaired) electrons. The molecule has 1 aliphatic heterocycles. The first-order valence-electron chi connectivity index (χ1n) is 11.5. The molecule has 4 rings (SSSR count). The maximum Gasteiger partial charge on any atom is 0.255 e. The van der Waals surface area contributed by atoms with Gasteiger partial charge in [-0.05, 0) is 41.3 Å². The van der Waals surface area contributed by atoms with Gasteiger partial charge < -0.3 is 24.4 Å². The molecule has 1 heterocycles. The molecule has 0 spiro atoms. The highest BCUT2D eigenvalue weighted by Gasteiger charge is 2.35. The van der Waals surface area contributed by atoms with Gasteiger partial charge in [0, 0.05) is 18.7 Å². The minimum Gasteiger partial charge on any atom is -0.493 e. The first-order valence-corrected chi connectivity index (χ1v) is 11.5. The molecular formula is C28H30N2O5. The number of rotatable bonds is 10. The average Bonchev–Trinajstić information content (AvgIpc) is 3.23. The van der Waals surface area contributed by atoms with E-state index in [1.54, 1.807) is 38.4 Å². The van der Waals surface area contributed by atoms with Gasteiger partial charge in [-0.1, -0.05) is 48.5 Å². The Labute approximate surface area is 205 Å². The summed E-state index contributed by atoms with van der Waals surface area (Å²) in [7, 11) is 4.63. The molecule has 35 heavy (non-hydrogen) atoms. The number of nitrogens with one attached hydrogen (secondary N) is 1. The van der Waals surface area contributed by atoms with E-state index in [0.29, 0.717) is 35.9 Å². The van der Waals surface area contributed by atoms with Gasteiger partial charge in [-0.15, -0.1) is 0 Å². The minimum absolute atomic E-state index is 0.101. The summed E-state index contributed by atoms with van der Waals surface area (Å²) < 4.78 is 16.5. The summed E-state index contributed by atoms with van der Waals surface area (Å²) in [6.45, 7) is 0.937. The van der Waals surface area contributed by atoms with Crippen molar-refractivity contribution < 1.29 is 23.8 Å². The highest BCUT2D eigenvalue weighted by atomic mass is 16.5. The van der Waals surface area contributed by atoms with E-state index in [4.69, 9.17) is 14.2 Å². The average molecular weight is 475 g/mol. The lowest BCUT2D eigenvalue weighted by molar-refractivity contribution is -0.122. The second-order valence-corrected chi connectivity index (χ2v) is 8.35. The summed E-state index contributed by atoms with van der Waals surface area (Å²) >= 11 is 0. The number of amides is 2. The Bertz CT molecular complexity index is 1170. The number of carbonyl (C=O) groups excluding carboxylic acids is 2. The Morgan fingerprint density at radius 2 is 1.60 bits per heavy atom. The van der Waals surface area contributed by atoms with E-state index >= 15 is 0 Å². The molecule has 0 aliphatic carbocycles. The molecule has 0 saturated carbocycles. The van der Waals surface area contributed by atoms with Crippen molar-refractivity contribution in [1.82, 2.24) is 10.2 Å². The summed E-state index contributed by atoms with van der Waals surface area (Å²) in [6, 6.07) is 20.6. The molecule has 1 aliphatic rings. The smallest absolute Gasteiger partial charge is 0.255 e. The SMILES string of the molecule is COc1cc([C@H](CC(=O)NCCc2ccccc2)N2Cc3ccccc3C2=O)cc(OC)c1OC. The van der Waals surface area contributed by atoms with E-state index in [9.17, 15) is 9.59 Å². The van der Waals surface area contributed by atoms with E-state index in [-0.39, 0.29) is 18.2 Å². The van der Waals surface area contributed by atoms with Crippen LogP contribution in [0.5, 0.6) is 17.2 Å². The Balaban J connectivity index is 1.60. The van der Waals surface area contributed by atoms with Gasteiger partial charge in [-0.25, -0.2) is 0 Å². The first kappa shape index (κ1) is 24.1. The number of methoxy groups -OCH3 is 3. The van der Waals surface area contributed by atoms with Crippen molar-refractivity contribution in [2.45, 2.75) is 25.4 Å². The molecule has 0 unspecified atom stereocenters. The van der Waals surface area contributed by atoms with Crippen LogP contribution in [-0.4, -0.2) is 44.6 Å². The van der Waals surface area contributed by atoms with Gasteiger partial charge in [0.1, 0.15) is 0 Å². The molecular weight excluding hydrogens is 444 g/mol. The molecule has 3 aromatic rings. The van der Waals surface area contributed by atoms with E-state index in [1.807, 2.05) is 54.6 Å². The van der Waals surface area contributed by atoms with E-state index in [0.717, 1.165) is 23.1 Å². The second kappa shape index (κ2) is 11.0. The van der Waals surface area contributed by atoms with Gasteiger partial charge >= 0.3 is 0 Å². The van der Waals surface area contributed by atoms with Crippen LogP contribution in [0.4, 0.5) is 0 Å². The summed E-state index contributed by atoms with van der Waals surface area (Å²) in [5.74, 6) is 1.17. The zero-order valence-electron chi connectivity index (χ0n) is 20.2. The topological polar surface area (TPSA) is 77.1 Å². The molecule has 3 aromatic carbocycles. The number of nitrogens with zero attached hydrogens (tertiary/aromatic N) is 1. The summed E-state index contributed by atoms with van der Waals surface area (Å²) in [4.78, 5) is 28.1. The lowest BCUT2D eigenvalue weighted by Gasteiger charge is -2.29. The van der Waals surface area contributed by atoms with Gasteiger partial charge in [0.2, 0.25) is 11.7 Å². The molecule has 0 fully saturated rings. The number of carbonyl (C=O) groups is 2. The first-order chi connectivity index (χ1) is 17.0. The van der Waals surface area contributed by atoms with Crippen molar-refractivity contribution in [1.29, 1.82) is 0 Å². The molecule has 2 amide bonds. The van der Waals surface area contributed by atoms with Crippen LogP contribution >= 0.6 is 0 Å². The summed E-state index contributed by atoms with van der Waals surface area (Å²) in [6.07, 6.45) is 0.836. The van der Waals surface area contributed by atoms with Gasteiger partial charge in [-0.3, -0.25) is 9.59 Å². The molecule has 7 nitrogen and oxygen atoms in total. The standard InChI is InChI=1S/C28H30N2O5/c1-33-24-15-21(16-25(34-2)27(24)35-3)23(30-18-20-11-7-8-12-22(20)28(30)32)17-26(31)29-14-13-19-9-5-4-6-10-19/h4-12,15-16,23H,13-14,17-18H2,1-3H3,(H,29,31)/t23-/m0/s1. The molecule has 1 atom stereocenters. The maximum absolute atomic E-state index is 13.3. The van der Waals surface area contributed by atoms with Gasteiger partial charge in [0.15, 0.2) is 11.5 Å². The normalized spacial score (nSPS) is 13.2. The van der Waals surface area contributed by atoms with Crippen LogP contribution in [0.1, 0.15) is 39.5 Å². The van der Waals surface area contributed by atoms with Crippen molar-refractivity contribution in [2.24, 2.45) is 0 Å². The highest BCUT2D eigenvalue weighted by molar-refractivity contribution is 5.99. The quantitative estimate of drug-likeness (QED) is 0.478. The number of fused-ring (bicyclic) bond motifs is 1. The summed E-state index contributed by atoms with van der Waals surface area (Å²) in [5.41, 5.74) is 3.49. The monoisotopic (exact) mass is 474 g/mol. The van der Waals surface area contributed by atoms with Crippen LogP contribution < -0.4 is 19.5 Å². The fourth-order valence-electron chi connectivity index (χ4n) is 4.47. The highest BCUT2D eigenvalue weighted by Crippen LogP contribution is 2.42. The van der Waals surface area contributed by atoms with Crippen LogP contribution in [0.15, 0.2) is 66.7 Å². The van der Waals surface area contributed by atoms with Crippen LogP contribution in [0.3, 0.4) is 0 Å².